The first-order chi connectivity index (χ1) is 16.2. The molecule has 0 radical (unpaired) electrons. The molecule has 4 aromatic carbocycles. The Bertz CT molecular complexity index is 1310. The van der Waals surface area contributed by atoms with Crippen LogP contribution in [0.5, 0.6) is 34.5 Å². The molecule has 0 atom stereocenters. The molecule has 0 aromatic heterocycles. The van der Waals surface area contributed by atoms with Crippen molar-refractivity contribution in [3.63, 3.8) is 0 Å². The monoisotopic (exact) mass is 460 g/mol. The van der Waals surface area contributed by atoms with Crippen LogP contribution in [0.15, 0.2) is 84.9 Å². The maximum Gasteiger partial charge on any atom is 0.201 e. The molecule has 8 heteroatoms. The Hall–Kier alpha value is -4.98. The van der Waals surface area contributed by atoms with E-state index in [1.807, 2.05) is 0 Å². The predicted octanol–water partition coefficient (Wildman–Crippen LogP) is 4.07. The molecule has 34 heavy (non-hydrogen) atoms. The summed E-state index contributed by atoms with van der Waals surface area (Å²) in [6.45, 7) is 0. The van der Waals surface area contributed by atoms with Crippen LogP contribution in [0.4, 0.5) is 0 Å². The van der Waals surface area contributed by atoms with E-state index in [1.54, 1.807) is 60.7 Å². The van der Waals surface area contributed by atoms with E-state index in [4.69, 9.17) is 10.2 Å². The molecule has 0 bridgehead atoms. The highest BCUT2D eigenvalue weighted by Gasteiger charge is 2.19. The van der Waals surface area contributed by atoms with Crippen molar-refractivity contribution in [1.29, 1.82) is 0 Å². The maximum atomic E-state index is 12.0. The smallest absolute Gasteiger partial charge is 0.201 e. The lowest BCUT2D eigenvalue weighted by molar-refractivity contribution is 0.102. The van der Waals surface area contributed by atoms with Crippen molar-refractivity contribution in [3.05, 3.63) is 107 Å². The topological polar surface area (TPSA) is 156 Å². The largest absolute Gasteiger partial charge is 0.508 e. The van der Waals surface area contributed by atoms with Gasteiger partial charge < -0.3 is 30.6 Å². The SMILES string of the molecule is O=C(c1ccccc1)c1c(O)cc(O)cc1O.O=C(c1ccccc1)c1ccc(O)c(O)c1O. The number of phenolic OH excluding ortho intramolecular Hbond substituents is 6. The number of hydrogen-bond donors (Lipinski definition) is 6. The van der Waals surface area contributed by atoms with Crippen LogP contribution in [0.2, 0.25) is 0 Å². The first-order valence-corrected chi connectivity index (χ1v) is 9.89. The number of ketones is 2. The first-order valence-electron chi connectivity index (χ1n) is 9.89. The minimum absolute atomic E-state index is 0.0495. The Labute approximate surface area is 193 Å². The van der Waals surface area contributed by atoms with E-state index in [2.05, 4.69) is 0 Å². The van der Waals surface area contributed by atoms with Crippen molar-refractivity contribution in [2.24, 2.45) is 0 Å². The van der Waals surface area contributed by atoms with Crippen LogP contribution in [-0.4, -0.2) is 42.2 Å². The van der Waals surface area contributed by atoms with Gasteiger partial charge in [-0.15, -0.1) is 0 Å². The molecule has 0 amide bonds. The van der Waals surface area contributed by atoms with Gasteiger partial charge in [-0.05, 0) is 12.1 Å². The summed E-state index contributed by atoms with van der Waals surface area (Å²) in [5.41, 5.74) is 0.483. The van der Waals surface area contributed by atoms with Crippen molar-refractivity contribution in [2.75, 3.05) is 0 Å². The fraction of sp³-hybridized carbons (Fsp3) is 0. The summed E-state index contributed by atoms with van der Waals surface area (Å²) < 4.78 is 0. The van der Waals surface area contributed by atoms with Gasteiger partial charge in [0, 0.05) is 23.3 Å². The number of benzene rings is 4. The second-order valence-electron chi connectivity index (χ2n) is 7.08. The Morgan fingerprint density at radius 3 is 1.47 bits per heavy atom. The van der Waals surface area contributed by atoms with Gasteiger partial charge in [0.05, 0.1) is 5.56 Å². The third-order valence-electron chi connectivity index (χ3n) is 4.76. The Morgan fingerprint density at radius 2 is 0.971 bits per heavy atom. The molecule has 4 rings (SSSR count). The van der Waals surface area contributed by atoms with Crippen LogP contribution in [0.1, 0.15) is 31.8 Å². The highest BCUT2D eigenvalue weighted by atomic mass is 16.3. The van der Waals surface area contributed by atoms with Gasteiger partial charge in [-0.25, -0.2) is 0 Å². The zero-order chi connectivity index (χ0) is 24.8. The third-order valence-corrected chi connectivity index (χ3v) is 4.76. The van der Waals surface area contributed by atoms with Gasteiger partial charge in [-0.2, -0.15) is 0 Å². The molecule has 0 aliphatic heterocycles. The fourth-order valence-corrected chi connectivity index (χ4v) is 3.06. The van der Waals surface area contributed by atoms with Gasteiger partial charge in [0.15, 0.2) is 17.3 Å². The molecule has 172 valence electrons. The van der Waals surface area contributed by atoms with Crippen LogP contribution in [0, 0.1) is 0 Å². The molecule has 0 saturated carbocycles. The number of rotatable bonds is 4. The summed E-state index contributed by atoms with van der Waals surface area (Å²) in [5.74, 6) is -3.88. The minimum Gasteiger partial charge on any atom is -0.508 e. The average Bonchev–Trinajstić information content (AvgIpc) is 2.83. The van der Waals surface area contributed by atoms with Crippen LogP contribution in [0.25, 0.3) is 0 Å². The quantitative estimate of drug-likeness (QED) is 0.197. The van der Waals surface area contributed by atoms with E-state index < -0.39 is 40.3 Å². The van der Waals surface area contributed by atoms with Gasteiger partial charge in [-0.3, -0.25) is 9.59 Å². The maximum absolute atomic E-state index is 12.0. The molecular weight excluding hydrogens is 440 g/mol. The summed E-state index contributed by atoms with van der Waals surface area (Å²) in [7, 11) is 0. The lowest BCUT2D eigenvalue weighted by atomic mass is 10.0. The van der Waals surface area contributed by atoms with E-state index in [9.17, 15) is 30.0 Å². The average molecular weight is 460 g/mol. The molecule has 8 nitrogen and oxygen atoms in total. The van der Waals surface area contributed by atoms with Crippen molar-refractivity contribution in [3.8, 4) is 34.5 Å². The molecule has 0 aliphatic rings. The molecule has 6 N–H and O–H groups in total. The standard InChI is InChI=1S/2C13H10O4/c14-9-6-10(15)12(11(16)7-9)13(17)8-4-2-1-3-5-8;14-10-7-6-9(12(16)13(10)17)11(15)8-4-2-1-3-5-8/h1-7,14-16H;1-7,14,16-17H. The van der Waals surface area contributed by atoms with Gasteiger partial charge in [-0.1, -0.05) is 60.7 Å². The predicted molar refractivity (Wildman–Crippen MR) is 123 cm³/mol. The lowest BCUT2D eigenvalue weighted by Crippen LogP contribution is -2.01. The van der Waals surface area contributed by atoms with E-state index in [0.717, 1.165) is 18.2 Å². The Kier molecular flexibility index (Phi) is 7.03. The summed E-state index contributed by atoms with van der Waals surface area (Å²) in [6.07, 6.45) is 0. The van der Waals surface area contributed by atoms with Gasteiger partial charge in [0.25, 0.3) is 0 Å². The lowest BCUT2D eigenvalue weighted by Gasteiger charge is -2.07. The second kappa shape index (κ2) is 10.1. The molecule has 0 aliphatic carbocycles. The third kappa shape index (κ3) is 5.08. The van der Waals surface area contributed by atoms with Gasteiger partial charge >= 0.3 is 0 Å². The van der Waals surface area contributed by atoms with Crippen LogP contribution < -0.4 is 0 Å². The van der Waals surface area contributed by atoms with Crippen LogP contribution in [0.3, 0.4) is 0 Å². The van der Waals surface area contributed by atoms with Gasteiger partial charge in [0.1, 0.15) is 22.8 Å². The number of phenols is 6. The van der Waals surface area contributed by atoms with E-state index in [1.165, 1.54) is 6.07 Å². The van der Waals surface area contributed by atoms with E-state index in [0.29, 0.717) is 11.1 Å². The Balaban J connectivity index is 0.000000191. The molecule has 0 fully saturated rings. The first kappa shape index (κ1) is 23.7. The second-order valence-corrected chi connectivity index (χ2v) is 7.08. The zero-order valence-electron chi connectivity index (χ0n) is 17.6. The number of carbonyl (C=O) groups is 2. The number of carbonyl (C=O) groups excluding carboxylic acids is 2. The van der Waals surface area contributed by atoms with Crippen LogP contribution in [-0.2, 0) is 0 Å². The highest BCUT2D eigenvalue weighted by Crippen LogP contribution is 2.38. The minimum atomic E-state index is -0.688. The summed E-state index contributed by atoms with van der Waals surface area (Å²) >= 11 is 0. The Morgan fingerprint density at radius 1 is 0.500 bits per heavy atom. The van der Waals surface area contributed by atoms with Crippen molar-refractivity contribution in [2.45, 2.75) is 0 Å². The molecule has 4 aromatic rings. The molecule has 0 saturated heterocycles. The molecule has 0 heterocycles. The van der Waals surface area contributed by atoms with Crippen LogP contribution >= 0.6 is 0 Å². The normalized spacial score (nSPS) is 10.1. The summed E-state index contributed by atoms with van der Waals surface area (Å²) in [4.78, 5) is 24.0. The summed E-state index contributed by atoms with van der Waals surface area (Å²) in [5, 5.41) is 56.3. The van der Waals surface area contributed by atoms with Crippen molar-refractivity contribution in [1.82, 2.24) is 0 Å². The fourth-order valence-electron chi connectivity index (χ4n) is 3.06. The molecule has 0 unspecified atom stereocenters. The van der Waals surface area contributed by atoms with E-state index in [-0.39, 0.29) is 16.9 Å². The molecular formula is C26H20O8. The van der Waals surface area contributed by atoms with Crippen molar-refractivity contribution < 1.29 is 40.2 Å². The molecule has 0 spiro atoms. The summed E-state index contributed by atoms with van der Waals surface area (Å²) in [6, 6.07) is 21.1. The highest BCUT2D eigenvalue weighted by molar-refractivity contribution is 6.12. The number of hydrogen-bond acceptors (Lipinski definition) is 8. The zero-order valence-corrected chi connectivity index (χ0v) is 17.6. The van der Waals surface area contributed by atoms with E-state index >= 15 is 0 Å². The number of aromatic hydroxyl groups is 6. The van der Waals surface area contributed by atoms with Gasteiger partial charge in [0.2, 0.25) is 11.5 Å². The van der Waals surface area contributed by atoms with Crippen molar-refractivity contribution >= 4 is 11.6 Å².